The fourth-order valence-corrected chi connectivity index (χ4v) is 6.17. The largest absolute Gasteiger partial charge is 0.337 e. The quantitative estimate of drug-likeness (QED) is 0.703. The van der Waals surface area contributed by atoms with Crippen LogP contribution in [0.15, 0.2) is 23.1 Å². The maximum absolute atomic E-state index is 13.7. The SMILES string of the molecule is CC(=O)N(CCN1CCCCC1)[C@H]1CCCN(S(=O)(=O)c2cc(F)ccc2C)C1. The van der Waals surface area contributed by atoms with Gasteiger partial charge in [-0.1, -0.05) is 12.5 Å². The van der Waals surface area contributed by atoms with Crippen molar-refractivity contribution in [1.82, 2.24) is 14.1 Å². The zero-order chi connectivity index (χ0) is 21.0. The number of hydrogen-bond acceptors (Lipinski definition) is 4. The van der Waals surface area contributed by atoms with Crippen LogP contribution in [0.5, 0.6) is 0 Å². The molecule has 0 aromatic heterocycles. The van der Waals surface area contributed by atoms with Gasteiger partial charge in [-0.15, -0.1) is 0 Å². The molecule has 2 saturated heterocycles. The molecule has 0 radical (unpaired) electrons. The number of rotatable bonds is 6. The molecular weight excluding hydrogens is 393 g/mol. The average Bonchev–Trinajstić information content (AvgIpc) is 2.70. The number of hydrogen-bond donors (Lipinski definition) is 0. The molecule has 0 aliphatic carbocycles. The molecule has 0 spiro atoms. The topological polar surface area (TPSA) is 60.9 Å². The number of sulfonamides is 1. The van der Waals surface area contributed by atoms with E-state index < -0.39 is 15.8 Å². The summed E-state index contributed by atoms with van der Waals surface area (Å²) in [6.45, 7) is 7.46. The highest BCUT2D eigenvalue weighted by Crippen LogP contribution is 2.26. The molecule has 3 rings (SSSR count). The molecule has 2 fully saturated rings. The lowest BCUT2D eigenvalue weighted by Gasteiger charge is -2.39. The summed E-state index contributed by atoms with van der Waals surface area (Å²) in [6, 6.07) is 3.71. The van der Waals surface area contributed by atoms with Crippen molar-refractivity contribution in [2.75, 3.05) is 39.3 Å². The highest BCUT2D eigenvalue weighted by atomic mass is 32.2. The van der Waals surface area contributed by atoms with E-state index in [9.17, 15) is 17.6 Å². The number of halogens is 1. The normalized spacial score (nSPS) is 21.8. The van der Waals surface area contributed by atoms with Crippen LogP contribution >= 0.6 is 0 Å². The van der Waals surface area contributed by atoms with E-state index in [-0.39, 0.29) is 23.4 Å². The first-order chi connectivity index (χ1) is 13.8. The van der Waals surface area contributed by atoms with Crippen LogP contribution in [0.2, 0.25) is 0 Å². The Balaban J connectivity index is 1.71. The molecule has 1 aromatic carbocycles. The van der Waals surface area contributed by atoms with E-state index in [1.54, 1.807) is 13.8 Å². The standard InChI is InChI=1S/C21H32FN3O3S/c1-17-8-9-19(22)15-21(17)29(27,28)24-12-6-7-20(16-24)25(18(2)26)14-13-23-10-4-3-5-11-23/h8-9,15,20H,3-7,10-14,16H2,1-2H3/t20-/m0/s1. The van der Waals surface area contributed by atoms with Crippen molar-refractivity contribution in [1.29, 1.82) is 0 Å². The number of amides is 1. The van der Waals surface area contributed by atoms with Crippen molar-refractivity contribution in [3.8, 4) is 0 Å². The summed E-state index contributed by atoms with van der Waals surface area (Å²) in [4.78, 5) is 16.6. The molecule has 0 N–H and O–H groups in total. The predicted molar refractivity (Wildman–Crippen MR) is 111 cm³/mol. The van der Waals surface area contributed by atoms with E-state index in [1.807, 2.05) is 4.90 Å². The second-order valence-electron chi connectivity index (χ2n) is 8.18. The van der Waals surface area contributed by atoms with Gasteiger partial charge < -0.3 is 9.80 Å². The Labute approximate surface area is 173 Å². The molecule has 0 unspecified atom stereocenters. The van der Waals surface area contributed by atoms with Gasteiger partial charge in [0.05, 0.1) is 4.90 Å². The van der Waals surface area contributed by atoms with Crippen molar-refractivity contribution in [2.45, 2.75) is 56.9 Å². The summed E-state index contributed by atoms with van der Waals surface area (Å²) in [5, 5.41) is 0. The minimum atomic E-state index is -3.80. The maximum Gasteiger partial charge on any atom is 0.243 e. The van der Waals surface area contributed by atoms with Crippen LogP contribution in [0.4, 0.5) is 4.39 Å². The molecule has 2 heterocycles. The lowest BCUT2D eigenvalue weighted by Crippen LogP contribution is -2.53. The van der Waals surface area contributed by atoms with E-state index in [1.165, 1.54) is 35.7 Å². The van der Waals surface area contributed by atoms with Crippen molar-refractivity contribution in [3.05, 3.63) is 29.6 Å². The molecule has 8 heteroatoms. The lowest BCUT2D eigenvalue weighted by atomic mass is 10.1. The fraction of sp³-hybridized carbons (Fsp3) is 0.667. The van der Waals surface area contributed by atoms with Gasteiger partial charge in [0.2, 0.25) is 15.9 Å². The molecule has 0 saturated carbocycles. The van der Waals surface area contributed by atoms with Crippen molar-refractivity contribution >= 4 is 15.9 Å². The van der Waals surface area contributed by atoms with Gasteiger partial charge in [0.1, 0.15) is 5.82 Å². The summed E-state index contributed by atoms with van der Waals surface area (Å²) >= 11 is 0. The minimum Gasteiger partial charge on any atom is -0.337 e. The number of nitrogens with zero attached hydrogens (tertiary/aromatic N) is 3. The summed E-state index contributed by atoms with van der Waals surface area (Å²) < 4.78 is 41.4. The van der Waals surface area contributed by atoms with E-state index in [0.29, 0.717) is 25.1 Å². The summed E-state index contributed by atoms with van der Waals surface area (Å²) in [6.07, 6.45) is 5.13. The van der Waals surface area contributed by atoms with E-state index in [4.69, 9.17) is 0 Å². The maximum atomic E-state index is 13.7. The third kappa shape index (κ3) is 5.35. The van der Waals surface area contributed by atoms with Crippen LogP contribution in [0.1, 0.15) is 44.6 Å². The monoisotopic (exact) mass is 425 g/mol. The minimum absolute atomic E-state index is 0.0147. The van der Waals surface area contributed by atoms with Crippen LogP contribution in [-0.4, -0.2) is 73.7 Å². The molecule has 1 amide bonds. The van der Waals surface area contributed by atoms with E-state index >= 15 is 0 Å². The van der Waals surface area contributed by atoms with Gasteiger partial charge in [0.25, 0.3) is 0 Å². The molecule has 6 nitrogen and oxygen atoms in total. The molecule has 29 heavy (non-hydrogen) atoms. The summed E-state index contributed by atoms with van der Waals surface area (Å²) in [5.41, 5.74) is 0.530. The van der Waals surface area contributed by atoms with Gasteiger partial charge in [-0.25, -0.2) is 12.8 Å². The van der Waals surface area contributed by atoms with Gasteiger partial charge in [-0.3, -0.25) is 4.79 Å². The van der Waals surface area contributed by atoms with Crippen molar-refractivity contribution < 1.29 is 17.6 Å². The third-order valence-corrected chi connectivity index (χ3v) is 8.09. The van der Waals surface area contributed by atoms with Crippen molar-refractivity contribution in [2.24, 2.45) is 0 Å². The second-order valence-corrected chi connectivity index (χ2v) is 10.1. The lowest BCUT2D eigenvalue weighted by molar-refractivity contribution is -0.132. The Bertz CT molecular complexity index is 824. The molecule has 162 valence electrons. The van der Waals surface area contributed by atoms with Crippen LogP contribution in [0, 0.1) is 12.7 Å². The van der Waals surface area contributed by atoms with Gasteiger partial charge in [0.15, 0.2) is 0 Å². The zero-order valence-corrected chi connectivity index (χ0v) is 18.3. The Morgan fingerprint density at radius 1 is 1.17 bits per heavy atom. The average molecular weight is 426 g/mol. The summed E-state index contributed by atoms with van der Waals surface area (Å²) in [7, 11) is -3.80. The van der Waals surface area contributed by atoms with Crippen LogP contribution in [-0.2, 0) is 14.8 Å². The molecular formula is C21H32FN3O3S. The van der Waals surface area contributed by atoms with Crippen molar-refractivity contribution in [3.63, 3.8) is 0 Å². The first kappa shape index (κ1) is 22.2. The highest BCUT2D eigenvalue weighted by molar-refractivity contribution is 7.89. The third-order valence-electron chi connectivity index (χ3n) is 6.08. The molecule has 2 aliphatic rings. The number of likely N-dealkylation sites (tertiary alicyclic amines) is 1. The Kier molecular flexibility index (Phi) is 7.29. The number of carbonyl (C=O) groups is 1. The second kappa shape index (κ2) is 9.53. The Morgan fingerprint density at radius 2 is 1.90 bits per heavy atom. The van der Waals surface area contributed by atoms with E-state index in [0.717, 1.165) is 32.1 Å². The molecule has 1 atom stereocenters. The smallest absolute Gasteiger partial charge is 0.243 e. The number of carbonyl (C=O) groups excluding carboxylic acids is 1. The first-order valence-electron chi connectivity index (χ1n) is 10.5. The van der Waals surface area contributed by atoms with Crippen LogP contribution in [0.3, 0.4) is 0 Å². The number of benzene rings is 1. The molecule has 2 aliphatic heterocycles. The molecule has 0 bridgehead atoms. The van der Waals surface area contributed by atoms with Gasteiger partial charge in [-0.2, -0.15) is 4.31 Å². The fourth-order valence-electron chi connectivity index (χ4n) is 4.41. The number of piperidine rings is 2. The number of aryl methyl sites for hydroxylation is 1. The highest BCUT2D eigenvalue weighted by Gasteiger charge is 2.34. The van der Waals surface area contributed by atoms with Crippen LogP contribution in [0.25, 0.3) is 0 Å². The van der Waals surface area contributed by atoms with Gasteiger partial charge in [-0.05, 0) is 63.4 Å². The Morgan fingerprint density at radius 3 is 2.59 bits per heavy atom. The predicted octanol–water partition coefficient (Wildman–Crippen LogP) is 2.62. The zero-order valence-electron chi connectivity index (χ0n) is 17.4. The van der Waals surface area contributed by atoms with E-state index in [2.05, 4.69) is 4.90 Å². The van der Waals surface area contributed by atoms with Crippen LogP contribution < -0.4 is 0 Å². The summed E-state index contributed by atoms with van der Waals surface area (Å²) in [5.74, 6) is -0.581. The Hall–Kier alpha value is -1.51. The first-order valence-corrected chi connectivity index (χ1v) is 12.0. The van der Waals surface area contributed by atoms with Gasteiger partial charge in [0, 0.05) is 39.1 Å². The molecule has 1 aromatic rings. The van der Waals surface area contributed by atoms with Gasteiger partial charge >= 0.3 is 0 Å².